The van der Waals surface area contributed by atoms with Crippen molar-refractivity contribution in [2.75, 3.05) is 25.2 Å². The van der Waals surface area contributed by atoms with Gasteiger partial charge in [-0.25, -0.2) is 0 Å². The predicted molar refractivity (Wildman–Crippen MR) is 68.5 cm³/mol. The molecule has 1 atom stereocenters. The van der Waals surface area contributed by atoms with Crippen LogP contribution in [-0.4, -0.2) is 31.5 Å². The molecule has 3 heteroatoms. The molecule has 0 aliphatic heterocycles. The van der Waals surface area contributed by atoms with E-state index in [-0.39, 0.29) is 6.29 Å². The molecule has 0 spiro atoms. The zero-order chi connectivity index (χ0) is 11.4. The second kappa shape index (κ2) is 12.3. The first-order valence-electron chi connectivity index (χ1n) is 6.07. The maximum atomic E-state index is 5.64. The minimum absolute atomic E-state index is 0.0190. The number of thioether (sulfide) groups is 1. The van der Waals surface area contributed by atoms with Gasteiger partial charge in [0.25, 0.3) is 0 Å². The lowest BCUT2D eigenvalue weighted by atomic mass is 10.3. The second-order valence-corrected chi connectivity index (χ2v) is 4.62. The highest BCUT2D eigenvalue weighted by molar-refractivity contribution is 7.98. The van der Waals surface area contributed by atoms with Crippen LogP contribution >= 0.6 is 11.8 Å². The number of ether oxygens (including phenoxy) is 2. The van der Waals surface area contributed by atoms with Gasteiger partial charge in [0.15, 0.2) is 6.29 Å². The van der Waals surface area contributed by atoms with Crippen molar-refractivity contribution in [2.24, 2.45) is 0 Å². The van der Waals surface area contributed by atoms with Gasteiger partial charge in [-0.1, -0.05) is 20.3 Å². The van der Waals surface area contributed by atoms with E-state index < -0.39 is 0 Å². The average molecular weight is 234 g/mol. The molecule has 0 aliphatic rings. The van der Waals surface area contributed by atoms with Gasteiger partial charge in [0.05, 0.1) is 0 Å². The third-order valence-corrected chi connectivity index (χ3v) is 2.83. The van der Waals surface area contributed by atoms with Crippen molar-refractivity contribution in [3.8, 4) is 0 Å². The zero-order valence-electron chi connectivity index (χ0n) is 10.5. The standard InChI is InChI=1S/C12H26O2S/c1-4-9-13-12(5-2)14-10-7-6-8-11-15-3/h12H,4-11H2,1-3H3. The number of hydrogen-bond donors (Lipinski definition) is 0. The Morgan fingerprint density at radius 2 is 1.73 bits per heavy atom. The second-order valence-electron chi connectivity index (χ2n) is 3.63. The van der Waals surface area contributed by atoms with E-state index in [0.717, 1.165) is 32.5 Å². The average Bonchev–Trinajstić information content (AvgIpc) is 2.27. The van der Waals surface area contributed by atoms with Gasteiger partial charge in [0.1, 0.15) is 0 Å². The minimum Gasteiger partial charge on any atom is -0.353 e. The SMILES string of the molecule is CCCOC(CC)OCCCCCSC. The molecule has 0 saturated carbocycles. The summed E-state index contributed by atoms with van der Waals surface area (Å²) in [5.41, 5.74) is 0. The first kappa shape index (κ1) is 15.3. The van der Waals surface area contributed by atoms with Crippen LogP contribution in [0.25, 0.3) is 0 Å². The van der Waals surface area contributed by atoms with Crippen LogP contribution in [0, 0.1) is 0 Å². The van der Waals surface area contributed by atoms with Crippen LogP contribution in [0.3, 0.4) is 0 Å². The minimum atomic E-state index is 0.0190. The Morgan fingerprint density at radius 1 is 1.00 bits per heavy atom. The smallest absolute Gasteiger partial charge is 0.157 e. The Morgan fingerprint density at radius 3 is 2.33 bits per heavy atom. The monoisotopic (exact) mass is 234 g/mol. The molecule has 2 nitrogen and oxygen atoms in total. The summed E-state index contributed by atoms with van der Waals surface area (Å²) in [7, 11) is 0. The fourth-order valence-corrected chi connectivity index (χ4v) is 1.77. The lowest BCUT2D eigenvalue weighted by Gasteiger charge is -2.16. The topological polar surface area (TPSA) is 18.5 Å². The molecule has 0 aromatic carbocycles. The molecule has 92 valence electrons. The number of hydrogen-bond acceptors (Lipinski definition) is 3. The third-order valence-electron chi connectivity index (χ3n) is 2.14. The van der Waals surface area contributed by atoms with Crippen LogP contribution in [0.15, 0.2) is 0 Å². The summed E-state index contributed by atoms with van der Waals surface area (Å²) < 4.78 is 11.2. The van der Waals surface area contributed by atoms with Crippen molar-refractivity contribution < 1.29 is 9.47 Å². The Hall–Kier alpha value is 0.270. The number of rotatable bonds is 11. The van der Waals surface area contributed by atoms with E-state index in [1.807, 2.05) is 11.8 Å². The van der Waals surface area contributed by atoms with Crippen LogP contribution in [0.5, 0.6) is 0 Å². The molecule has 0 bridgehead atoms. The molecule has 0 heterocycles. The Kier molecular flexibility index (Phi) is 12.6. The summed E-state index contributed by atoms with van der Waals surface area (Å²) in [5.74, 6) is 1.27. The summed E-state index contributed by atoms with van der Waals surface area (Å²) in [4.78, 5) is 0. The fourth-order valence-electron chi connectivity index (χ4n) is 1.27. The predicted octanol–water partition coefficient (Wildman–Crippen LogP) is 3.70. The van der Waals surface area contributed by atoms with Crippen LogP contribution in [0.2, 0.25) is 0 Å². The van der Waals surface area contributed by atoms with Gasteiger partial charge in [-0.3, -0.25) is 0 Å². The molecule has 0 rings (SSSR count). The van der Waals surface area contributed by atoms with E-state index in [1.54, 1.807) is 0 Å². The van der Waals surface area contributed by atoms with E-state index >= 15 is 0 Å². The molecule has 0 aromatic heterocycles. The first-order valence-corrected chi connectivity index (χ1v) is 7.46. The summed E-state index contributed by atoms with van der Waals surface area (Å²) in [6, 6.07) is 0. The summed E-state index contributed by atoms with van der Waals surface area (Å²) >= 11 is 1.92. The normalized spacial score (nSPS) is 13.0. The van der Waals surface area contributed by atoms with Gasteiger partial charge in [-0.2, -0.15) is 11.8 Å². The highest BCUT2D eigenvalue weighted by Crippen LogP contribution is 2.06. The molecular formula is C12H26O2S. The first-order chi connectivity index (χ1) is 7.35. The van der Waals surface area contributed by atoms with Crippen molar-refractivity contribution in [1.82, 2.24) is 0 Å². The van der Waals surface area contributed by atoms with Gasteiger partial charge >= 0.3 is 0 Å². The molecule has 0 fully saturated rings. The van der Waals surface area contributed by atoms with Crippen molar-refractivity contribution in [1.29, 1.82) is 0 Å². The molecule has 0 N–H and O–H groups in total. The van der Waals surface area contributed by atoms with Crippen LogP contribution in [0.4, 0.5) is 0 Å². The molecular weight excluding hydrogens is 208 g/mol. The maximum Gasteiger partial charge on any atom is 0.157 e. The molecule has 0 saturated heterocycles. The van der Waals surface area contributed by atoms with Crippen LogP contribution < -0.4 is 0 Å². The summed E-state index contributed by atoms with van der Waals surface area (Å²) in [6.45, 7) is 5.88. The van der Waals surface area contributed by atoms with Crippen LogP contribution in [-0.2, 0) is 9.47 Å². The highest BCUT2D eigenvalue weighted by atomic mass is 32.2. The van der Waals surface area contributed by atoms with Gasteiger partial charge < -0.3 is 9.47 Å². The Labute approximate surface area is 99.1 Å². The molecule has 0 amide bonds. The van der Waals surface area contributed by atoms with Crippen molar-refractivity contribution >= 4 is 11.8 Å². The third kappa shape index (κ3) is 10.6. The van der Waals surface area contributed by atoms with Gasteiger partial charge in [-0.15, -0.1) is 0 Å². The molecule has 0 radical (unpaired) electrons. The van der Waals surface area contributed by atoms with E-state index in [2.05, 4.69) is 20.1 Å². The number of unbranched alkanes of at least 4 members (excludes halogenated alkanes) is 2. The van der Waals surface area contributed by atoms with E-state index in [0.29, 0.717) is 0 Å². The lowest BCUT2D eigenvalue weighted by molar-refractivity contribution is -0.144. The zero-order valence-corrected chi connectivity index (χ0v) is 11.3. The largest absolute Gasteiger partial charge is 0.353 e. The molecule has 0 aliphatic carbocycles. The van der Waals surface area contributed by atoms with Crippen LogP contribution in [0.1, 0.15) is 46.0 Å². The molecule has 15 heavy (non-hydrogen) atoms. The molecule has 1 unspecified atom stereocenters. The van der Waals surface area contributed by atoms with Gasteiger partial charge in [0.2, 0.25) is 0 Å². The maximum absolute atomic E-state index is 5.64. The van der Waals surface area contributed by atoms with E-state index in [1.165, 1.54) is 18.6 Å². The quantitative estimate of drug-likeness (QED) is 0.401. The fraction of sp³-hybridized carbons (Fsp3) is 1.00. The summed E-state index contributed by atoms with van der Waals surface area (Å²) in [5, 5.41) is 0. The van der Waals surface area contributed by atoms with Crippen molar-refractivity contribution in [3.63, 3.8) is 0 Å². The van der Waals surface area contributed by atoms with E-state index in [9.17, 15) is 0 Å². The summed E-state index contributed by atoms with van der Waals surface area (Å²) in [6.07, 6.45) is 7.92. The highest BCUT2D eigenvalue weighted by Gasteiger charge is 2.04. The van der Waals surface area contributed by atoms with Gasteiger partial charge in [0, 0.05) is 13.2 Å². The van der Waals surface area contributed by atoms with E-state index in [4.69, 9.17) is 9.47 Å². The van der Waals surface area contributed by atoms with Crippen molar-refractivity contribution in [3.05, 3.63) is 0 Å². The van der Waals surface area contributed by atoms with Gasteiger partial charge in [-0.05, 0) is 37.7 Å². The lowest BCUT2D eigenvalue weighted by Crippen LogP contribution is -2.17. The Balaban J connectivity index is 3.22. The Bertz CT molecular complexity index is 120. The molecule has 0 aromatic rings. The van der Waals surface area contributed by atoms with Crippen molar-refractivity contribution in [2.45, 2.75) is 52.2 Å².